The van der Waals surface area contributed by atoms with Crippen molar-refractivity contribution in [2.75, 3.05) is 20.6 Å². The van der Waals surface area contributed by atoms with Crippen molar-refractivity contribution >= 4 is 16.9 Å². The van der Waals surface area contributed by atoms with E-state index in [0.29, 0.717) is 6.04 Å². The fourth-order valence-corrected chi connectivity index (χ4v) is 4.38. The number of pyridine rings is 1. The second kappa shape index (κ2) is 6.45. The Bertz CT molecular complexity index is 1080. The lowest BCUT2D eigenvalue weighted by Gasteiger charge is -2.31. The first kappa shape index (κ1) is 17.4. The molecule has 1 aliphatic heterocycles. The Morgan fingerprint density at radius 3 is 2.79 bits per heavy atom. The monoisotopic (exact) mass is 374 g/mol. The van der Waals surface area contributed by atoms with E-state index >= 15 is 0 Å². The fraction of sp³-hybridized carbons (Fsp3) is 0.391. The molecular weight excluding hydrogens is 348 g/mol. The van der Waals surface area contributed by atoms with Crippen LogP contribution in [0.1, 0.15) is 39.9 Å². The molecule has 1 aromatic carbocycles. The molecule has 0 atom stereocenters. The molecule has 0 bridgehead atoms. The van der Waals surface area contributed by atoms with E-state index in [1.165, 1.54) is 16.7 Å². The van der Waals surface area contributed by atoms with E-state index in [1.807, 2.05) is 12.4 Å². The van der Waals surface area contributed by atoms with Gasteiger partial charge in [-0.05, 0) is 80.7 Å². The molecule has 0 spiro atoms. The summed E-state index contributed by atoms with van der Waals surface area (Å²) in [6.07, 6.45) is 7.15. The predicted molar refractivity (Wildman–Crippen MR) is 111 cm³/mol. The second-order valence-corrected chi connectivity index (χ2v) is 8.47. The molecule has 1 fully saturated rings. The van der Waals surface area contributed by atoms with Crippen LogP contribution in [0.15, 0.2) is 30.6 Å². The summed E-state index contributed by atoms with van der Waals surface area (Å²) >= 11 is 0. The van der Waals surface area contributed by atoms with Crippen LogP contribution in [0.25, 0.3) is 22.2 Å². The summed E-state index contributed by atoms with van der Waals surface area (Å²) in [6, 6.07) is 6.99. The minimum atomic E-state index is 0.206. The number of nitrogens with one attached hydrogen (secondary N) is 1. The lowest BCUT2D eigenvalue weighted by Crippen LogP contribution is -2.39. The molecule has 3 heterocycles. The molecule has 2 aliphatic rings. The maximum Gasteiger partial charge on any atom is 0.254 e. The Morgan fingerprint density at radius 1 is 1.21 bits per heavy atom. The van der Waals surface area contributed by atoms with Crippen molar-refractivity contribution in [3.63, 3.8) is 0 Å². The standard InChI is InChI=1S/C23H26N4O/c1-14-11-24-22-20(14)10-16(12-25-22)15-8-17(13-26(2)3)19-6-7-27(18-4-5-18)23(28)21(19)9-15/h8-12,18H,4-7,13H2,1-3H3,(H,24,25). The molecular formula is C23H26N4O. The van der Waals surface area contributed by atoms with E-state index < -0.39 is 0 Å². The van der Waals surface area contributed by atoms with Gasteiger partial charge in [0.25, 0.3) is 5.91 Å². The lowest BCUT2D eigenvalue weighted by molar-refractivity contribution is 0.0726. The molecule has 0 saturated heterocycles. The Kier molecular flexibility index (Phi) is 4.02. The summed E-state index contributed by atoms with van der Waals surface area (Å²) in [5, 5.41) is 1.13. The number of aromatic nitrogens is 2. The highest BCUT2D eigenvalue weighted by molar-refractivity contribution is 5.99. The van der Waals surface area contributed by atoms with E-state index in [-0.39, 0.29) is 5.91 Å². The van der Waals surface area contributed by atoms with E-state index in [4.69, 9.17) is 0 Å². The molecule has 5 heteroatoms. The minimum Gasteiger partial charge on any atom is -0.346 e. The molecule has 5 nitrogen and oxygen atoms in total. The van der Waals surface area contributed by atoms with Crippen molar-refractivity contribution in [1.29, 1.82) is 0 Å². The zero-order chi connectivity index (χ0) is 19.4. The Hall–Kier alpha value is -2.66. The largest absolute Gasteiger partial charge is 0.346 e. The van der Waals surface area contributed by atoms with Crippen LogP contribution >= 0.6 is 0 Å². The number of carbonyl (C=O) groups excluding carboxylic acids is 1. The Balaban J connectivity index is 1.65. The molecule has 3 aromatic rings. The first-order chi connectivity index (χ1) is 13.5. The number of rotatable bonds is 4. The molecule has 1 aliphatic carbocycles. The van der Waals surface area contributed by atoms with Gasteiger partial charge in [-0.1, -0.05) is 0 Å². The van der Waals surface area contributed by atoms with Gasteiger partial charge in [-0.25, -0.2) is 4.98 Å². The van der Waals surface area contributed by atoms with E-state index in [1.54, 1.807) is 0 Å². The van der Waals surface area contributed by atoms with Crippen LogP contribution in [0, 0.1) is 6.92 Å². The van der Waals surface area contributed by atoms with Gasteiger partial charge in [0.2, 0.25) is 0 Å². The third-order valence-electron chi connectivity index (χ3n) is 5.98. The molecule has 0 radical (unpaired) electrons. The summed E-state index contributed by atoms with van der Waals surface area (Å²) in [7, 11) is 4.16. The fourth-order valence-electron chi connectivity index (χ4n) is 4.38. The Morgan fingerprint density at radius 2 is 2.04 bits per heavy atom. The number of H-pyrrole nitrogens is 1. The number of benzene rings is 1. The number of hydrogen-bond acceptors (Lipinski definition) is 3. The number of nitrogens with zero attached hydrogens (tertiary/aromatic N) is 3. The quantitative estimate of drug-likeness (QED) is 0.756. The zero-order valence-corrected chi connectivity index (χ0v) is 16.7. The van der Waals surface area contributed by atoms with Crippen LogP contribution in [0.3, 0.4) is 0 Å². The number of carbonyl (C=O) groups is 1. The summed E-state index contributed by atoms with van der Waals surface area (Å²) < 4.78 is 0. The van der Waals surface area contributed by atoms with Crippen LogP contribution in [-0.2, 0) is 13.0 Å². The average molecular weight is 374 g/mol. The third-order valence-corrected chi connectivity index (χ3v) is 5.98. The lowest BCUT2D eigenvalue weighted by atomic mass is 9.89. The van der Waals surface area contributed by atoms with Crippen molar-refractivity contribution in [2.24, 2.45) is 0 Å². The third kappa shape index (κ3) is 2.90. The molecule has 2 aromatic heterocycles. The number of aryl methyl sites for hydroxylation is 1. The maximum atomic E-state index is 13.2. The van der Waals surface area contributed by atoms with Gasteiger partial charge in [-0.3, -0.25) is 4.79 Å². The van der Waals surface area contributed by atoms with E-state index in [9.17, 15) is 4.79 Å². The van der Waals surface area contributed by atoms with Crippen molar-refractivity contribution in [2.45, 2.75) is 38.8 Å². The van der Waals surface area contributed by atoms with Crippen LogP contribution in [0.5, 0.6) is 0 Å². The van der Waals surface area contributed by atoms with Crippen molar-refractivity contribution in [3.8, 4) is 11.1 Å². The first-order valence-electron chi connectivity index (χ1n) is 10.1. The summed E-state index contributed by atoms with van der Waals surface area (Å²) in [6.45, 7) is 3.78. The highest BCUT2D eigenvalue weighted by Gasteiger charge is 2.36. The van der Waals surface area contributed by atoms with Gasteiger partial charge in [0.15, 0.2) is 0 Å². The van der Waals surface area contributed by atoms with E-state index in [0.717, 1.165) is 60.1 Å². The van der Waals surface area contributed by atoms with Gasteiger partial charge >= 0.3 is 0 Å². The van der Waals surface area contributed by atoms with Crippen LogP contribution in [0.2, 0.25) is 0 Å². The van der Waals surface area contributed by atoms with Crippen molar-refractivity contribution in [3.05, 3.63) is 52.8 Å². The molecule has 28 heavy (non-hydrogen) atoms. The topological polar surface area (TPSA) is 52.2 Å². The smallest absolute Gasteiger partial charge is 0.254 e. The van der Waals surface area contributed by atoms with Gasteiger partial charge in [-0.15, -0.1) is 0 Å². The zero-order valence-electron chi connectivity index (χ0n) is 16.7. The van der Waals surface area contributed by atoms with Crippen LogP contribution in [-0.4, -0.2) is 52.4 Å². The SMILES string of the molecule is Cc1c[nH]c2ncc(-c3cc(CN(C)C)c4c(c3)C(=O)N(C3CC3)CC4)cc12. The van der Waals surface area contributed by atoms with E-state index in [2.05, 4.69) is 59.0 Å². The van der Waals surface area contributed by atoms with Crippen LogP contribution < -0.4 is 0 Å². The number of fused-ring (bicyclic) bond motifs is 2. The second-order valence-electron chi connectivity index (χ2n) is 8.47. The summed E-state index contributed by atoms with van der Waals surface area (Å²) in [5.41, 5.74) is 7.61. The molecule has 144 valence electrons. The predicted octanol–water partition coefficient (Wildman–Crippen LogP) is 3.76. The average Bonchev–Trinajstić information content (AvgIpc) is 3.45. The molecule has 5 rings (SSSR count). The highest BCUT2D eigenvalue weighted by Crippen LogP contribution is 2.35. The number of aromatic amines is 1. The van der Waals surface area contributed by atoms with Crippen LogP contribution in [0.4, 0.5) is 0 Å². The summed E-state index contributed by atoms with van der Waals surface area (Å²) in [4.78, 5) is 25.3. The van der Waals surface area contributed by atoms with Crippen molar-refractivity contribution in [1.82, 2.24) is 19.8 Å². The highest BCUT2D eigenvalue weighted by atomic mass is 16.2. The normalized spacial score (nSPS) is 16.9. The Labute approximate surface area is 165 Å². The molecule has 1 saturated carbocycles. The van der Waals surface area contributed by atoms with Gasteiger partial charge in [0, 0.05) is 48.0 Å². The van der Waals surface area contributed by atoms with Gasteiger partial charge in [0.1, 0.15) is 5.65 Å². The first-order valence-corrected chi connectivity index (χ1v) is 10.1. The van der Waals surface area contributed by atoms with Gasteiger partial charge in [-0.2, -0.15) is 0 Å². The number of amides is 1. The maximum absolute atomic E-state index is 13.2. The molecule has 1 N–H and O–H groups in total. The number of hydrogen-bond donors (Lipinski definition) is 1. The van der Waals surface area contributed by atoms with Gasteiger partial charge < -0.3 is 14.8 Å². The molecule has 0 unspecified atom stereocenters. The summed E-state index contributed by atoms with van der Waals surface area (Å²) in [5.74, 6) is 0.206. The molecule has 1 amide bonds. The van der Waals surface area contributed by atoms with Crippen molar-refractivity contribution < 1.29 is 4.79 Å². The minimum absolute atomic E-state index is 0.206. The van der Waals surface area contributed by atoms with Gasteiger partial charge in [0.05, 0.1) is 0 Å².